The van der Waals surface area contributed by atoms with Gasteiger partial charge < -0.3 is 15.5 Å². The number of benzene rings is 1. The largest absolute Gasteiger partial charge is 0.390 e. The topological polar surface area (TPSA) is 109 Å². The Morgan fingerprint density at radius 2 is 1.79 bits per heavy atom. The summed E-state index contributed by atoms with van der Waals surface area (Å²) >= 11 is 1.75. The summed E-state index contributed by atoms with van der Waals surface area (Å²) in [5.74, 6) is 1.19. The van der Waals surface area contributed by atoms with Gasteiger partial charge in [0.15, 0.2) is 22.1 Å². The minimum absolute atomic E-state index is 0.307. The van der Waals surface area contributed by atoms with Crippen molar-refractivity contribution in [3.05, 3.63) is 35.9 Å². The number of aliphatic hydroxyl groups is 2. The van der Waals surface area contributed by atoms with Gasteiger partial charge in [-0.15, -0.1) is 5.10 Å². The Hall–Kier alpha value is -2.23. The first-order chi connectivity index (χ1) is 16.2. The second-order valence-electron chi connectivity index (χ2n) is 9.65. The molecule has 33 heavy (non-hydrogen) atoms. The van der Waals surface area contributed by atoms with Gasteiger partial charge in [-0.25, -0.2) is 14.6 Å². The summed E-state index contributed by atoms with van der Waals surface area (Å²) in [5.41, 5.74) is 2.61. The van der Waals surface area contributed by atoms with Gasteiger partial charge >= 0.3 is 0 Å². The fourth-order valence-corrected chi connectivity index (χ4v) is 6.47. The van der Waals surface area contributed by atoms with Crippen LogP contribution in [0.1, 0.15) is 68.9 Å². The molecule has 3 aliphatic rings. The van der Waals surface area contributed by atoms with Crippen molar-refractivity contribution in [2.24, 2.45) is 0 Å². The van der Waals surface area contributed by atoms with Crippen molar-refractivity contribution in [2.75, 3.05) is 5.32 Å². The number of nitrogens with zero attached hydrogens (tertiary/aromatic N) is 5. The monoisotopic (exact) mass is 466 g/mol. The lowest BCUT2D eigenvalue weighted by atomic mass is 10.0. The normalized spacial score (nSPS) is 30.1. The van der Waals surface area contributed by atoms with Gasteiger partial charge in [0.25, 0.3) is 0 Å². The van der Waals surface area contributed by atoms with E-state index in [0.29, 0.717) is 41.2 Å². The van der Waals surface area contributed by atoms with Crippen molar-refractivity contribution >= 4 is 28.7 Å². The number of aliphatic hydroxyl groups excluding tert-OH is 2. The molecule has 0 bridgehead atoms. The van der Waals surface area contributed by atoms with Gasteiger partial charge in [0.05, 0.1) is 12.1 Å². The summed E-state index contributed by atoms with van der Waals surface area (Å²) < 4.78 is 1.70. The fraction of sp³-hybridized carbons (Fsp3) is 0.583. The van der Waals surface area contributed by atoms with Crippen LogP contribution in [0.5, 0.6) is 0 Å². The molecule has 5 atom stereocenters. The van der Waals surface area contributed by atoms with E-state index in [0.717, 1.165) is 17.4 Å². The van der Waals surface area contributed by atoms with E-state index < -0.39 is 12.2 Å². The second kappa shape index (κ2) is 8.85. The van der Waals surface area contributed by atoms with Crippen LogP contribution in [-0.2, 0) is 0 Å². The van der Waals surface area contributed by atoms with E-state index >= 15 is 0 Å². The average Bonchev–Trinajstić information content (AvgIpc) is 3.36. The molecule has 174 valence electrons. The average molecular weight is 467 g/mol. The molecule has 1 aromatic carbocycles. The molecule has 0 unspecified atom stereocenters. The fourth-order valence-electron chi connectivity index (χ4n) is 5.32. The summed E-state index contributed by atoms with van der Waals surface area (Å²) in [4.78, 5) is 9.75. The van der Waals surface area contributed by atoms with Crippen LogP contribution in [0.25, 0.3) is 11.2 Å². The van der Waals surface area contributed by atoms with E-state index in [-0.39, 0.29) is 6.04 Å². The number of aromatic nitrogens is 5. The summed E-state index contributed by atoms with van der Waals surface area (Å²) in [5, 5.41) is 34.2. The summed E-state index contributed by atoms with van der Waals surface area (Å²) in [7, 11) is 0. The van der Waals surface area contributed by atoms with Crippen molar-refractivity contribution in [3.63, 3.8) is 0 Å². The maximum atomic E-state index is 10.5. The number of thioether (sulfide) groups is 1. The highest BCUT2D eigenvalue weighted by Crippen LogP contribution is 2.44. The van der Waals surface area contributed by atoms with Crippen molar-refractivity contribution in [3.8, 4) is 0 Å². The number of nitrogens with one attached hydrogen (secondary N) is 1. The lowest BCUT2D eigenvalue weighted by molar-refractivity contribution is 0.0215. The van der Waals surface area contributed by atoms with Crippen LogP contribution in [0.2, 0.25) is 0 Å². The number of anilines is 1. The zero-order chi connectivity index (χ0) is 22.4. The van der Waals surface area contributed by atoms with Crippen LogP contribution in [0.3, 0.4) is 0 Å². The van der Waals surface area contributed by atoms with E-state index in [4.69, 9.17) is 9.97 Å². The second-order valence-corrected chi connectivity index (χ2v) is 10.9. The van der Waals surface area contributed by atoms with Gasteiger partial charge in [0.2, 0.25) is 0 Å². The first kappa shape index (κ1) is 21.3. The Kier molecular flexibility index (Phi) is 5.72. The third-order valence-electron chi connectivity index (χ3n) is 7.33. The molecule has 3 N–H and O–H groups in total. The van der Waals surface area contributed by atoms with E-state index in [1.54, 1.807) is 16.4 Å². The first-order valence-electron chi connectivity index (χ1n) is 12.1. The Labute approximate surface area is 197 Å². The molecular formula is C24H30N6O2S. The van der Waals surface area contributed by atoms with Crippen LogP contribution < -0.4 is 5.32 Å². The molecule has 3 fully saturated rings. The number of rotatable bonds is 6. The summed E-state index contributed by atoms with van der Waals surface area (Å²) in [6, 6.07) is 10.5. The molecule has 2 heterocycles. The molecule has 0 radical (unpaired) electrons. The number of fused-ring (bicyclic) bond motifs is 1. The van der Waals surface area contributed by atoms with Crippen molar-refractivity contribution in [2.45, 2.75) is 92.0 Å². The molecule has 3 saturated carbocycles. The van der Waals surface area contributed by atoms with Crippen molar-refractivity contribution in [1.82, 2.24) is 25.0 Å². The molecule has 9 heteroatoms. The minimum Gasteiger partial charge on any atom is -0.390 e. The summed E-state index contributed by atoms with van der Waals surface area (Å²) in [6.07, 6.45) is 6.88. The molecule has 2 aromatic heterocycles. The zero-order valence-electron chi connectivity index (χ0n) is 18.5. The summed E-state index contributed by atoms with van der Waals surface area (Å²) in [6.45, 7) is 0. The van der Waals surface area contributed by atoms with Gasteiger partial charge in [0, 0.05) is 17.2 Å². The molecule has 8 nitrogen and oxygen atoms in total. The predicted molar refractivity (Wildman–Crippen MR) is 127 cm³/mol. The van der Waals surface area contributed by atoms with Gasteiger partial charge in [-0.05, 0) is 37.7 Å². The van der Waals surface area contributed by atoms with Gasteiger partial charge in [-0.2, -0.15) is 0 Å². The molecule has 0 spiro atoms. The van der Waals surface area contributed by atoms with Crippen LogP contribution in [-0.4, -0.2) is 58.7 Å². The third-order valence-corrected chi connectivity index (χ3v) is 8.53. The molecule has 0 amide bonds. The highest BCUT2D eigenvalue weighted by atomic mass is 32.2. The Morgan fingerprint density at radius 1 is 0.970 bits per heavy atom. The van der Waals surface area contributed by atoms with E-state index in [9.17, 15) is 10.2 Å². The lowest BCUT2D eigenvalue weighted by Crippen LogP contribution is -2.28. The number of hydrogen-bond donors (Lipinski definition) is 3. The molecule has 3 aliphatic carbocycles. The van der Waals surface area contributed by atoms with Gasteiger partial charge in [-0.3, -0.25) is 0 Å². The SMILES string of the molecule is O[C@H]1[C@@H](O)CC[C@@H]1n1nnc2c(N[C@@H]3C[C@H]3c3ccccc3)nc(SC3CCCCC3)nc21. The standard InChI is InChI=1S/C24H30N6O2S/c31-19-12-11-18(21(19)32)30-23-20(28-29-30)22(25-17-13-16(17)14-7-3-1-4-8-14)26-24(27-23)33-15-9-5-2-6-10-15/h1,3-4,7-8,15-19,21,31-32H,2,5-6,9-13H2,(H,25,26,27)/t16-,17+,18-,19-,21+/m0/s1. The van der Waals surface area contributed by atoms with Crippen LogP contribution >= 0.6 is 11.8 Å². The van der Waals surface area contributed by atoms with Gasteiger partial charge in [-0.1, -0.05) is 66.6 Å². The molecule has 3 aromatic rings. The molecule has 6 rings (SSSR count). The Bertz CT molecular complexity index is 1120. The molecule has 0 aliphatic heterocycles. The van der Waals surface area contributed by atoms with Crippen LogP contribution in [0, 0.1) is 0 Å². The van der Waals surface area contributed by atoms with Crippen molar-refractivity contribution < 1.29 is 10.2 Å². The van der Waals surface area contributed by atoms with E-state index in [1.807, 2.05) is 6.07 Å². The molecular weight excluding hydrogens is 436 g/mol. The highest BCUT2D eigenvalue weighted by molar-refractivity contribution is 7.99. The zero-order valence-corrected chi connectivity index (χ0v) is 19.4. The Balaban J connectivity index is 1.32. The number of hydrogen-bond acceptors (Lipinski definition) is 8. The predicted octanol–water partition coefficient (Wildman–Crippen LogP) is 3.67. The van der Waals surface area contributed by atoms with Gasteiger partial charge in [0.1, 0.15) is 6.10 Å². The Morgan fingerprint density at radius 3 is 2.55 bits per heavy atom. The third kappa shape index (κ3) is 4.22. The van der Waals surface area contributed by atoms with E-state index in [1.165, 1.54) is 37.7 Å². The minimum atomic E-state index is -0.860. The molecule has 0 saturated heterocycles. The highest BCUT2D eigenvalue weighted by Gasteiger charge is 2.40. The maximum absolute atomic E-state index is 10.5. The first-order valence-corrected chi connectivity index (χ1v) is 13.0. The van der Waals surface area contributed by atoms with Crippen LogP contribution in [0.15, 0.2) is 35.5 Å². The van der Waals surface area contributed by atoms with E-state index in [2.05, 4.69) is 39.9 Å². The van der Waals surface area contributed by atoms with Crippen molar-refractivity contribution in [1.29, 1.82) is 0 Å². The van der Waals surface area contributed by atoms with Crippen LogP contribution in [0.4, 0.5) is 5.82 Å². The quantitative estimate of drug-likeness (QED) is 0.472. The maximum Gasteiger partial charge on any atom is 0.191 e. The smallest absolute Gasteiger partial charge is 0.191 e. The lowest BCUT2D eigenvalue weighted by Gasteiger charge is -2.20.